The van der Waals surface area contributed by atoms with Gasteiger partial charge in [0.25, 0.3) is 0 Å². The topological polar surface area (TPSA) is 15.3 Å². The molecule has 1 saturated carbocycles. The zero-order valence-electron chi connectivity index (χ0n) is 13.9. The highest BCUT2D eigenvalue weighted by Crippen LogP contribution is 2.26. The zero-order chi connectivity index (χ0) is 14.3. The van der Waals surface area contributed by atoms with E-state index in [9.17, 15) is 0 Å². The average molecular weight is 268 g/mol. The van der Waals surface area contributed by atoms with Crippen LogP contribution in [0.4, 0.5) is 0 Å². The van der Waals surface area contributed by atoms with Gasteiger partial charge in [0, 0.05) is 25.2 Å². The second-order valence-corrected chi connectivity index (χ2v) is 7.28. The fourth-order valence-corrected chi connectivity index (χ4v) is 2.48. The van der Waals surface area contributed by atoms with Crippen LogP contribution in [0.2, 0.25) is 0 Å². The van der Waals surface area contributed by atoms with Crippen LogP contribution < -0.4 is 5.32 Å². The van der Waals surface area contributed by atoms with Gasteiger partial charge < -0.3 is 5.32 Å². The maximum Gasteiger partial charge on any atom is 0.0110 e. The van der Waals surface area contributed by atoms with Gasteiger partial charge in [-0.1, -0.05) is 27.7 Å². The van der Waals surface area contributed by atoms with Crippen LogP contribution >= 0.6 is 0 Å². The van der Waals surface area contributed by atoms with Crippen molar-refractivity contribution in [2.45, 2.75) is 78.8 Å². The van der Waals surface area contributed by atoms with Crippen LogP contribution in [0.5, 0.6) is 0 Å². The first-order valence-electron chi connectivity index (χ1n) is 8.46. The van der Waals surface area contributed by atoms with E-state index in [1.165, 1.54) is 45.2 Å². The Morgan fingerprint density at radius 3 is 2.05 bits per heavy atom. The van der Waals surface area contributed by atoms with Crippen molar-refractivity contribution in [3.8, 4) is 0 Å². The summed E-state index contributed by atoms with van der Waals surface area (Å²) >= 11 is 0. The molecule has 0 aliphatic heterocycles. The maximum absolute atomic E-state index is 3.70. The molecule has 1 rings (SSSR count). The van der Waals surface area contributed by atoms with Gasteiger partial charge in [0.2, 0.25) is 0 Å². The lowest BCUT2D eigenvalue weighted by atomic mass is 10.0. The Kier molecular flexibility index (Phi) is 8.01. The Balaban J connectivity index is 2.10. The third kappa shape index (κ3) is 8.65. The normalized spacial score (nSPS) is 17.7. The molecule has 0 bridgehead atoms. The molecule has 0 amide bonds. The van der Waals surface area contributed by atoms with Gasteiger partial charge >= 0.3 is 0 Å². The summed E-state index contributed by atoms with van der Waals surface area (Å²) in [5.41, 5.74) is 0. The summed E-state index contributed by atoms with van der Waals surface area (Å²) in [7, 11) is 0. The third-order valence-corrected chi connectivity index (χ3v) is 4.13. The van der Waals surface area contributed by atoms with Crippen molar-refractivity contribution in [3.05, 3.63) is 0 Å². The van der Waals surface area contributed by atoms with Gasteiger partial charge in [-0.05, 0) is 57.4 Å². The summed E-state index contributed by atoms with van der Waals surface area (Å²) < 4.78 is 0. The molecule has 1 aliphatic carbocycles. The molecule has 114 valence electrons. The molecule has 19 heavy (non-hydrogen) atoms. The van der Waals surface area contributed by atoms with Gasteiger partial charge in [0.1, 0.15) is 0 Å². The van der Waals surface area contributed by atoms with Crippen molar-refractivity contribution < 1.29 is 0 Å². The Morgan fingerprint density at radius 1 is 0.895 bits per heavy atom. The van der Waals surface area contributed by atoms with Gasteiger partial charge in [-0.15, -0.1) is 0 Å². The molecule has 2 nitrogen and oxygen atoms in total. The Labute approximate surface area is 121 Å². The largest absolute Gasteiger partial charge is 0.313 e. The van der Waals surface area contributed by atoms with Crippen LogP contribution in [-0.4, -0.2) is 36.6 Å². The van der Waals surface area contributed by atoms with E-state index in [0.717, 1.165) is 24.4 Å². The SMILES string of the molecule is CC(C)CCC(C)NCCN(CCC(C)C)C1CC1. The van der Waals surface area contributed by atoms with E-state index in [1.54, 1.807) is 0 Å². The average Bonchev–Trinajstić information content (AvgIpc) is 3.14. The zero-order valence-corrected chi connectivity index (χ0v) is 13.9. The molecule has 1 N–H and O–H groups in total. The maximum atomic E-state index is 3.70. The van der Waals surface area contributed by atoms with Gasteiger partial charge in [0.05, 0.1) is 0 Å². The summed E-state index contributed by atoms with van der Waals surface area (Å²) in [6.07, 6.45) is 6.86. The van der Waals surface area contributed by atoms with Crippen molar-refractivity contribution in [2.75, 3.05) is 19.6 Å². The Morgan fingerprint density at radius 2 is 1.53 bits per heavy atom. The Bertz CT molecular complexity index is 221. The molecule has 0 aromatic heterocycles. The highest BCUT2D eigenvalue weighted by atomic mass is 15.2. The summed E-state index contributed by atoms with van der Waals surface area (Å²) in [6.45, 7) is 15.3. The van der Waals surface area contributed by atoms with E-state index in [0.29, 0.717) is 6.04 Å². The van der Waals surface area contributed by atoms with Gasteiger partial charge in [-0.25, -0.2) is 0 Å². The first kappa shape index (κ1) is 17.0. The van der Waals surface area contributed by atoms with Crippen LogP contribution in [0, 0.1) is 11.8 Å². The second kappa shape index (κ2) is 8.97. The Hall–Kier alpha value is -0.0800. The molecule has 1 unspecified atom stereocenters. The monoisotopic (exact) mass is 268 g/mol. The van der Waals surface area contributed by atoms with Crippen LogP contribution in [0.1, 0.15) is 66.7 Å². The van der Waals surface area contributed by atoms with Gasteiger partial charge in [-0.3, -0.25) is 4.90 Å². The predicted molar refractivity (Wildman–Crippen MR) is 85.6 cm³/mol. The van der Waals surface area contributed by atoms with E-state index in [4.69, 9.17) is 0 Å². The fraction of sp³-hybridized carbons (Fsp3) is 1.00. The molecule has 0 saturated heterocycles. The molecular formula is C17H36N2. The minimum atomic E-state index is 0.675. The van der Waals surface area contributed by atoms with Crippen LogP contribution in [-0.2, 0) is 0 Å². The lowest BCUT2D eigenvalue weighted by Gasteiger charge is -2.24. The summed E-state index contributed by atoms with van der Waals surface area (Å²) in [6, 6.07) is 1.58. The number of nitrogens with one attached hydrogen (secondary N) is 1. The molecule has 0 aromatic rings. The highest BCUT2D eigenvalue weighted by molar-refractivity contribution is 4.85. The smallest absolute Gasteiger partial charge is 0.0110 e. The quantitative estimate of drug-likeness (QED) is 0.611. The first-order chi connectivity index (χ1) is 8.99. The highest BCUT2D eigenvalue weighted by Gasteiger charge is 2.28. The molecular weight excluding hydrogens is 232 g/mol. The van der Waals surface area contributed by atoms with Crippen LogP contribution in [0.15, 0.2) is 0 Å². The van der Waals surface area contributed by atoms with Gasteiger partial charge in [0.15, 0.2) is 0 Å². The number of rotatable bonds is 11. The molecule has 0 heterocycles. The van der Waals surface area contributed by atoms with Crippen molar-refractivity contribution in [2.24, 2.45) is 11.8 Å². The van der Waals surface area contributed by atoms with E-state index < -0.39 is 0 Å². The third-order valence-electron chi connectivity index (χ3n) is 4.13. The standard InChI is InChI=1S/C17H36N2/c1-14(2)6-7-16(5)18-11-13-19(17-8-9-17)12-10-15(3)4/h14-18H,6-13H2,1-5H3. The number of hydrogen-bond acceptors (Lipinski definition) is 2. The molecule has 0 spiro atoms. The summed E-state index contributed by atoms with van der Waals surface area (Å²) in [5.74, 6) is 1.66. The van der Waals surface area contributed by atoms with Crippen molar-refractivity contribution >= 4 is 0 Å². The van der Waals surface area contributed by atoms with E-state index in [1.807, 2.05) is 0 Å². The van der Waals surface area contributed by atoms with Gasteiger partial charge in [-0.2, -0.15) is 0 Å². The van der Waals surface area contributed by atoms with Crippen LogP contribution in [0.25, 0.3) is 0 Å². The summed E-state index contributed by atoms with van der Waals surface area (Å²) in [4.78, 5) is 2.71. The van der Waals surface area contributed by atoms with Crippen molar-refractivity contribution in [1.29, 1.82) is 0 Å². The fourth-order valence-electron chi connectivity index (χ4n) is 2.48. The molecule has 1 aliphatic rings. The van der Waals surface area contributed by atoms with E-state index in [2.05, 4.69) is 44.8 Å². The van der Waals surface area contributed by atoms with Crippen LogP contribution in [0.3, 0.4) is 0 Å². The molecule has 0 aromatic carbocycles. The lowest BCUT2D eigenvalue weighted by Crippen LogP contribution is -2.38. The number of hydrogen-bond donors (Lipinski definition) is 1. The number of nitrogens with zero attached hydrogens (tertiary/aromatic N) is 1. The molecule has 1 fully saturated rings. The first-order valence-corrected chi connectivity index (χ1v) is 8.46. The second-order valence-electron chi connectivity index (χ2n) is 7.28. The van der Waals surface area contributed by atoms with E-state index in [-0.39, 0.29) is 0 Å². The van der Waals surface area contributed by atoms with E-state index >= 15 is 0 Å². The summed E-state index contributed by atoms with van der Waals surface area (Å²) in [5, 5.41) is 3.70. The molecule has 2 heteroatoms. The minimum absolute atomic E-state index is 0.675. The van der Waals surface area contributed by atoms with Crippen molar-refractivity contribution in [3.63, 3.8) is 0 Å². The molecule has 0 radical (unpaired) electrons. The molecule has 1 atom stereocenters. The minimum Gasteiger partial charge on any atom is -0.313 e. The lowest BCUT2D eigenvalue weighted by molar-refractivity contribution is 0.243. The van der Waals surface area contributed by atoms with Crippen molar-refractivity contribution in [1.82, 2.24) is 10.2 Å². The predicted octanol–water partition coefficient (Wildman–Crippen LogP) is 3.91.